The Morgan fingerprint density at radius 1 is 1.00 bits per heavy atom. The smallest absolute Gasteiger partial charge is 0.425 e. The van der Waals surface area contributed by atoms with Gasteiger partial charge in [-0.25, -0.2) is 14.7 Å². The lowest BCUT2D eigenvalue weighted by atomic mass is 10.1. The molecule has 0 atom stereocenters. The van der Waals surface area contributed by atoms with Crippen LogP contribution in [0.15, 0.2) is 72.9 Å². The monoisotopic (exact) mass is 483 g/mol. The quantitative estimate of drug-likeness (QED) is 0.335. The van der Waals surface area contributed by atoms with Gasteiger partial charge in [-0.15, -0.1) is 0 Å². The predicted molar refractivity (Wildman–Crippen MR) is 141 cm³/mol. The maximum atomic E-state index is 13.7. The number of nitrogens with one attached hydrogen (secondary N) is 1. The van der Waals surface area contributed by atoms with E-state index in [2.05, 4.69) is 15.3 Å². The number of anilines is 4. The number of ether oxygens (including phenoxy) is 2. The summed E-state index contributed by atoms with van der Waals surface area (Å²) in [5.41, 5.74) is 10.9. The Balaban J connectivity index is 1.76. The second-order valence-corrected chi connectivity index (χ2v) is 8.33. The number of amides is 1. The minimum Gasteiger partial charge on any atom is -0.495 e. The van der Waals surface area contributed by atoms with Gasteiger partial charge in [-0.1, -0.05) is 48.0 Å². The van der Waals surface area contributed by atoms with Crippen molar-refractivity contribution in [2.24, 2.45) is 5.73 Å². The van der Waals surface area contributed by atoms with Crippen molar-refractivity contribution in [2.75, 3.05) is 17.3 Å². The van der Waals surface area contributed by atoms with Crippen molar-refractivity contribution < 1.29 is 14.3 Å². The zero-order valence-corrected chi connectivity index (χ0v) is 20.8. The molecular formula is C28H29N5O3. The number of carbonyl (C=O) groups is 1. The fourth-order valence-electron chi connectivity index (χ4n) is 4.07. The molecule has 1 aromatic heterocycles. The van der Waals surface area contributed by atoms with Crippen molar-refractivity contribution >= 4 is 29.2 Å². The molecule has 36 heavy (non-hydrogen) atoms. The first-order chi connectivity index (χ1) is 17.4. The van der Waals surface area contributed by atoms with Crippen LogP contribution in [-0.4, -0.2) is 23.2 Å². The third kappa shape index (κ3) is 5.29. The van der Waals surface area contributed by atoms with Crippen LogP contribution in [0.3, 0.4) is 0 Å². The summed E-state index contributed by atoms with van der Waals surface area (Å²) in [6.45, 7) is 6.19. The Hall–Kier alpha value is -4.43. The number of hydrogen-bond donors (Lipinski definition) is 2. The van der Waals surface area contributed by atoms with Gasteiger partial charge in [-0.05, 0) is 55.7 Å². The van der Waals surface area contributed by atoms with Gasteiger partial charge in [0.25, 0.3) is 0 Å². The highest BCUT2D eigenvalue weighted by Crippen LogP contribution is 2.35. The van der Waals surface area contributed by atoms with Gasteiger partial charge in [0.15, 0.2) is 0 Å². The van der Waals surface area contributed by atoms with Gasteiger partial charge in [0.05, 0.1) is 12.8 Å². The molecule has 0 unspecified atom stereocenters. The van der Waals surface area contributed by atoms with Gasteiger partial charge in [-0.3, -0.25) is 0 Å². The number of benzene rings is 3. The molecule has 0 fully saturated rings. The molecule has 4 rings (SSSR count). The molecule has 4 aromatic rings. The van der Waals surface area contributed by atoms with Crippen molar-refractivity contribution in [3.63, 3.8) is 0 Å². The summed E-state index contributed by atoms with van der Waals surface area (Å²) in [6.07, 6.45) is 0.954. The van der Waals surface area contributed by atoms with Crippen molar-refractivity contribution in [3.8, 4) is 11.5 Å². The molecule has 0 saturated carbocycles. The zero-order valence-electron chi connectivity index (χ0n) is 20.8. The van der Waals surface area contributed by atoms with E-state index in [1.165, 1.54) is 4.90 Å². The van der Waals surface area contributed by atoms with Crippen LogP contribution in [0.1, 0.15) is 22.3 Å². The number of methoxy groups -OCH3 is 1. The standard InChI is InChI=1S/C28H29N5O3/c1-18-15-19(2)26(20(3)16-18)36-28(34)33(23-11-7-8-12-24(23)35-4)25-13-14-30-27(32-25)31-22-10-6-5-9-21(22)17-29/h5-16H,17,29H2,1-4H3,(H,30,31,32). The van der Waals surface area contributed by atoms with E-state index in [1.807, 2.05) is 69.3 Å². The Morgan fingerprint density at radius 2 is 1.69 bits per heavy atom. The number of para-hydroxylation sites is 3. The van der Waals surface area contributed by atoms with Gasteiger partial charge in [0.1, 0.15) is 17.3 Å². The first-order valence-electron chi connectivity index (χ1n) is 11.5. The maximum Gasteiger partial charge on any atom is 0.425 e. The van der Waals surface area contributed by atoms with Crippen molar-refractivity contribution in [1.29, 1.82) is 0 Å². The van der Waals surface area contributed by atoms with Crippen molar-refractivity contribution in [3.05, 3.63) is 95.2 Å². The Labute approximate surface area is 210 Å². The number of carbonyl (C=O) groups excluding carboxylic acids is 1. The first kappa shape index (κ1) is 24.7. The van der Waals surface area contributed by atoms with Crippen LogP contribution in [0.25, 0.3) is 0 Å². The molecule has 0 aliphatic carbocycles. The van der Waals surface area contributed by atoms with Crippen LogP contribution < -0.4 is 25.4 Å². The summed E-state index contributed by atoms with van der Waals surface area (Å²) in [6, 6.07) is 20.4. The molecule has 1 heterocycles. The lowest BCUT2D eigenvalue weighted by molar-refractivity contribution is 0.209. The molecule has 0 saturated heterocycles. The molecule has 0 aliphatic heterocycles. The number of aromatic nitrogens is 2. The lowest BCUT2D eigenvalue weighted by Gasteiger charge is -2.24. The molecule has 8 heteroatoms. The van der Waals surface area contributed by atoms with E-state index in [4.69, 9.17) is 15.2 Å². The average molecular weight is 484 g/mol. The molecule has 0 radical (unpaired) electrons. The van der Waals surface area contributed by atoms with Crippen LogP contribution in [-0.2, 0) is 6.54 Å². The zero-order chi connectivity index (χ0) is 25.7. The van der Waals surface area contributed by atoms with E-state index in [0.29, 0.717) is 35.5 Å². The average Bonchev–Trinajstić information content (AvgIpc) is 2.87. The number of nitrogens with zero attached hydrogens (tertiary/aromatic N) is 3. The summed E-state index contributed by atoms with van der Waals surface area (Å²) in [7, 11) is 1.55. The van der Waals surface area contributed by atoms with E-state index < -0.39 is 6.09 Å². The van der Waals surface area contributed by atoms with E-state index >= 15 is 0 Å². The summed E-state index contributed by atoms with van der Waals surface area (Å²) < 4.78 is 11.5. The molecule has 0 aliphatic rings. The van der Waals surface area contributed by atoms with Crippen molar-refractivity contribution in [1.82, 2.24) is 9.97 Å². The minimum atomic E-state index is -0.624. The van der Waals surface area contributed by atoms with Gasteiger partial charge < -0.3 is 20.5 Å². The molecule has 3 N–H and O–H groups in total. The summed E-state index contributed by atoms with van der Waals surface area (Å²) in [5, 5.41) is 3.20. The van der Waals surface area contributed by atoms with Gasteiger partial charge in [-0.2, -0.15) is 4.98 Å². The maximum absolute atomic E-state index is 13.7. The highest BCUT2D eigenvalue weighted by atomic mass is 16.6. The lowest BCUT2D eigenvalue weighted by Crippen LogP contribution is -2.31. The largest absolute Gasteiger partial charge is 0.495 e. The predicted octanol–water partition coefficient (Wildman–Crippen LogP) is 5.95. The Bertz CT molecular complexity index is 1370. The van der Waals surface area contributed by atoms with Gasteiger partial charge in [0.2, 0.25) is 5.95 Å². The Morgan fingerprint density at radius 3 is 2.42 bits per heavy atom. The van der Waals surface area contributed by atoms with Crippen LogP contribution in [0, 0.1) is 20.8 Å². The fourth-order valence-corrected chi connectivity index (χ4v) is 4.07. The molecule has 0 spiro atoms. The molecular weight excluding hydrogens is 454 g/mol. The van der Waals surface area contributed by atoms with Crippen LogP contribution in [0.2, 0.25) is 0 Å². The summed E-state index contributed by atoms with van der Waals surface area (Å²) in [4.78, 5) is 24.0. The normalized spacial score (nSPS) is 10.6. The van der Waals surface area contributed by atoms with Crippen LogP contribution >= 0.6 is 0 Å². The highest BCUT2D eigenvalue weighted by Gasteiger charge is 2.26. The molecule has 0 bridgehead atoms. The molecule has 184 valence electrons. The fraction of sp³-hybridized carbons (Fsp3) is 0.179. The summed E-state index contributed by atoms with van der Waals surface area (Å²) in [5.74, 6) is 1.63. The number of nitrogens with two attached hydrogens (primary N) is 1. The first-order valence-corrected chi connectivity index (χ1v) is 11.5. The van der Waals surface area contributed by atoms with Gasteiger partial charge in [0, 0.05) is 24.5 Å². The number of rotatable bonds is 7. The number of hydrogen-bond acceptors (Lipinski definition) is 7. The summed E-state index contributed by atoms with van der Waals surface area (Å²) >= 11 is 0. The molecule has 1 amide bonds. The second-order valence-electron chi connectivity index (χ2n) is 8.33. The number of aryl methyl sites for hydroxylation is 3. The second kappa shape index (κ2) is 10.9. The minimum absolute atomic E-state index is 0.309. The van der Waals surface area contributed by atoms with Crippen LogP contribution in [0.5, 0.6) is 11.5 Å². The van der Waals surface area contributed by atoms with E-state index in [1.54, 1.807) is 31.5 Å². The topological polar surface area (TPSA) is 103 Å². The van der Waals surface area contributed by atoms with E-state index in [0.717, 1.165) is 27.9 Å². The van der Waals surface area contributed by atoms with Crippen LogP contribution in [0.4, 0.5) is 27.9 Å². The molecule has 3 aromatic carbocycles. The van der Waals surface area contributed by atoms with Gasteiger partial charge >= 0.3 is 6.09 Å². The third-order valence-electron chi connectivity index (χ3n) is 5.66. The SMILES string of the molecule is COc1ccccc1N(C(=O)Oc1c(C)cc(C)cc1C)c1ccnc(Nc2ccccc2CN)n1. The van der Waals surface area contributed by atoms with E-state index in [-0.39, 0.29) is 0 Å². The Kier molecular flexibility index (Phi) is 7.46. The van der Waals surface area contributed by atoms with E-state index in [9.17, 15) is 4.79 Å². The third-order valence-corrected chi connectivity index (χ3v) is 5.66. The highest BCUT2D eigenvalue weighted by molar-refractivity contribution is 5.98. The molecule has 8 nitrogen and oxygen atoms in total. The van der Waals surface area contributed by atoms with Crippen molar-refractivity contribution in [2.45, 2.75) is 27.3 Å².